The lowest BCUT2D eigenvalue weighted by atomic mass is 9.70. The van der Waals surface area contributed by atoms with Crippen LogP contribution in [-0.2, 0) is 16.0 Å². The van der Waals surface area contributed by atoms with Crippen LogP contribution >= 0.6 is 0 Å². The van der Waals surface area contributed by atoms with Crippen molar-refractivity contribution in [1.29, 1.82) is 0 Å². The molecule has 0 spiro atoms. The van der Waals surface area contributed by atoms with E-state index >= 15 is 0 Å². The Labute approximate surface area is 191 Å². The molecule has 2 rings (SSSR count). The SMILES string of the molecule is CCCC(CC1CC(=O)c2c(C)c(C(C)=O)cc(C(C)=O)c2C1)C(CC)C(=O)CC(C)=O. The zero-order chi connectivity index (χ0) is 24.2. The van der Waals surface area contributed by atoms with Crippen LogP contribution in [0.15, 0.2) is 6.07 Å². The molecule has 5 nitrogen and oxygen atoms in total. The van der Waals surface area contributed by atoms with Crippen LogP contribution in [0.25, 0.3) is 0 Å². The first-order chi connectivity index (χ1) is 15.0. The van der Waals surface area contributed by atoms with Crippen LogP contribution in [0.5, 0.6) is 0 Å². The second-order valence-electron chi connectivity index (χ2n) is 9.40. The summed E-state index contributed by atoms with van der Waals surface area (Å²) in [4.78, 5) is 61.9. The molecule has 0 heterocycles. The largest absolute Gasteiger partial charge is 0.300 e. The summed E-state index contributed by atoms with van der Waals surface area (Å²) in [5.74, 6) is -0.505. The minimum Gasteiger partial charge on any atom is -0.300 e. The Morgan fingerprint density at radius 2 is 1.62 bits per heavy atom. The van der Waals surface area contributed by atoms with Gasteiger partial charge in [0.05, 0.1) is 6.42 Å². The van der Waals surface area contributed by atoms with Gasteiger partial charge < -0.3 is 0 Å². The van der Waals surface area contributed by atoms with Crippen LogP contribution in [-0.4, -0.2) is 28.9 Å². The van der Waals surface area contributed by atoms with Gasteiger partial charge in [-0.3, -0.25) is 24.0 Å². The quantitative estimate of drug-likeness (QED) is 0.334. The van der Waals surface area contributed by atoms with Gasteiger partial charge in [0.25, 0.3) is 0 Å². The van der Waals surface area contributed by atoms with E-state index in [4.69, 9.17) is 0 Å². The zero-order valence-corrected chi connectivity index (χ0v) is 20.3. The first-order valence-electron chi connectivity index (χ1n) is 11.7. The first kappa shape index (κ1) is 25.8. The van der Waals surface area contributed by atoms with Crippen molar-refractivity contribution in [3.8, 4) is 0 Å². The van der Waals surface area contributed by atoms with E-state index in [-0.39, 0.29) is 53.1 Å². The molecule has 3 atom stereocenters. The Hall–Kier alpha value is -2.43. The number of ketones is 5. The molecule has 1 aromatic rings. The van der Waals surface area contributed by atoms with Crippen LogP contribution in [0.3, 0.4) is 0 Å². The Kier molecular flexibility index (Phi) is 8.82. The van der Waals surface area contributed by atoms with Crippen LogP contribution < -0.4 is 0 Å². The Morgan fingerprint density at radius 1 is 1.00 bits per heavy atom. The molecular formula is C27H36O5. The number of rotatable bonds is 11. The first-order valence-corrected chi connectivity index (χ1v) is 11.7. The van der Waals surface area contributed by atoms with E-state index in [1.54, 1.807) is 13.0 Å². The molecule has 0 radical (unpaired) electrons. The summed E-state index contributed by atoms with van der Waals surface area (Å²) < 4.78 is 0. The number of carbonyl (C=O) groups excluding carboxylic acids is 5. The van der Waals surface area contributed by atoms with E-state index < -0.39 is 0 Å². The summed E-state index contributed by atoms with van der Waals surface area (Å²) in [6.07, 6.45) is 4.08. The summed E-state index contributed by atoms with van der Waals surface area (Å²) in [6, 6.07) is 1.64. The third kappa shape index (κ3) is 5.67. The number of Topliss-reactive ketones (excluding diaryl/α,β-unsaturated/α-hetero) is 5. The minimum absolute atomic E-state index is 0.00708. The van der Waals surface area contributed by atoms with E-state index in [1.807, 2.05) is 6.92 Å². The van der Waals surface area contributed by atoms with Crippen LogP contribution in [0, 0.1) is 24.7 Å². The van der Waals surface area contributed by atoms with Crippen LogP contribution in [0.4, 0.5) is 0 Å². The molecule has 174 valence electrons. The molecule has 1 aromatic carbocycles. The highest BCUT2D eigenvalue weighted by atomic mass is 16.2. The van der Waals surface area contributed by atoms with E-state index in [2.05, 4.69) is 6.92 Å². The van der Waals surface area contributed by atoms with Crippen LogP contribution in [0.1, 0.15) is 115 Å². The normalized spacial score (nSPS) is 17.4. The van der Waals surface area contributed by atoms with Crippen molar-refractivity contribution < 1.29 is 24.0 Å². The third-order valence-electron chi connectivity index (χ3n) is 6.84. The zero-order valence-electron chi connectivity index (χ0n) is 20.3. The van der Waals surface area contributed by atoms with Crippen molar-refractivity contribution in [3.63, 3.8) is 0 Å². The molecule has 3 unspecified atom stereocenters. The molecule has 0 amide bonds. The van der Waals surface area contributed by atoms with Gasteiger partial charge in [-0.15, -0.1) is 0 Å². The maximum Gasteiger partial charge on any atom is 0.163 e. The summed E-state index contributed by atoms with van der Waals surface area (Å²) in [7, 11) is 0. The highest BCUT2D eigenvalue weighted by Crippen LogP contribution is 2.38. The lowest BCUT2D eigenvalue weighted by Gasteiger charge is -2.32. The van der Waals surface area contributed by atoms with Gasteiger partial charge in [0.2, 0.25) is 0 Å². The van der Waals surface area contributed by atoms with Crippen molar-refractivity contribution in [2.24, 2.45) is 17.8 Å². The van der Waals surface area contributed by atoms with Crippen LogP contribution in [0.2, 0.25) is 0 Å². The van der Waals surface area contributed by atoms with Crippen molar-refractivity contribution in [2.75, 3.05) is 0 Å². The van der Waals surface area contributed by atoms with Gasteiger partial charge in [-0.2, -0.15) is 0 Å². The number of fused-ring (bicyclic) bond motifs is 1. The molecule has 1 aliphatic rings. The second-order valence-corrected chi connectivity index (χ2v) is 9.40. The highest BCUT2D eigenvalue weighted by molar-refractivity contribution is 6.09. The molecule has 5 heteroatoms. The number of hydrogen-bond donors (Lipinski definition) is 0. The molecule has 0 bridgehead atoms. The molecule has 0 N–H and O–H groups in total. The summed E-state index contributed by atoms with van der Waals surface area (Å²) in [5.41, 5.74) is 2.84. The fourth-order valence-electron chi connectivity index (χ4n) is 5.48. The Morgan fingerprint density at radius 3 is 2.12 bits per heavy atom. The molecule has 0 saturated carbocycles. The van der Waals surface area contributed by atoms with Gasteiger partial charge in [-0.05, 0) is 76.0 Å². The van der Waals surface area contributed by atoms with E-state index in [0.717, 1.165) is 18.4 Å². The van der Waals surface area contributed by atoms with Crippen molar-refractivity contribution in [2.45, 2.75) is 86.5 Å². The summed E-state index contributed by atoms with van der Waals surface area (Å²) in [5, 5.41) is 0. The fourth-order valence-corrected chi connectivity index (χ4v) is 5.48. The topological polar surface area (TPSA) is 85.3 Å². The number of benzene rings is 1. The average molecular weight is 441 g/mol. The average Bonchev–Trinajstić information content (AvgIpc) is 2.67. The van der Waals surface area contributed by atoms with Crippen molar-refractivity contribution in [3.05, 3.63) is 33.9 Å². The lowest BCUT2D eigenvalue weighted by molar-refractivity contribution is -0.129. The van der Waals surface area contributed by atoms with Gasteiger partial charge in [0.15, 0.2) is 17.3 Å². The van der Waals surface area contributed by atoms with Crippen molar-refractivity contribution >= 4 is 28.9 Å². The Bertz CT molecular complexity index is 940. The molecule has 0 aromatic heterocycles. The minimum atomic E-state index is -0.190. The van der Waals surface area contributed by atoms with Gasteiger partial charge in [-0.25, -0.2) is 0 Å². The predicted molar refractivity (Wildman–Crippen MR) is 124 cm³/mol. The molecule has 0 saturated heterocycles. The number of carbonyl (C=O) groups is 5. The Balaban J connectivity index is 2.41. The van der Waals surface area contributed by atoms with E-state index in [9.17, 15) is 24.0 Å². The third-order valence-corrected chi connectivity index (χ3v) is 6.84. The van der Waals surface area contributed by atoms with Crippen molar-refractivity contribution in [1.82, 2.24) is 0 Å². The van der Waals surface area contributed by atoms with Gasteiger partial charge in [-0.1, -0.05) is 26.7 Å². The molecule has 0 aliphatic heterocycles. The standard InChI is InChI=1S/C27H36O5/c1-7-9-20(21(8-2)25(31)10-15(3)28)11-19-12-24-23(18(6)30)14-22(17(5)29)16(4)27(24)26(32)13-19/h14,19-21H,7-13H2,1-6H3. The molecule has 0 fully saturated rings. The smallest absolute Gasteiger partial charge is 0.163 e. The summed E-state index contributed by atoms with van der Waals surface area (Å²) >= 11 is 0. The maximum atomic E-state index is 13.2. The maximum absolute atomic E-state index is 13.2. The molecular weight excluding hydrogens is 404 g/mol. The number of hydrogen-bond acceptors (Lipinski definition) is 5. The predicted octanol–water partition coefficient (Wildman–Crippen LogP) is 5.53. The molecule has 1 aliphatic carbocycles. The van der Waals surface area contributed by atoms with E-state index in [0.29, 0.717) is 47.9 Å². The molecule has 32 heavy (non-hydrogen) atoms. The van der Waals surface area contributed by atoms with Gasteiger partial charge >= 0.3 is 0 Å². The van der Waals surface area contributed by atoms with E-state index in [1.165, 1.54) is 20.8 Å². The van der Waals surface area contributed by atoms with Gasteiger partial charge in [0.1, 0.15) is 11.6 Å². The second kappa shape index (κ2) is 10.9. The van der Waals surface area contributed by atoms with Gasteiger partial charge in [0, 0.05) is 29.0 Å². The highest BCUT2D eigenvalue weighted by Gasteiger charge is 2.35. The lowest BCUT2D eigenvalue weighted by Crippen LogP contribution is -2.30. The fraction of sp³-hybridized carbons (Fsp3) is 0.593. The monoisotopic (exact) mass is 440 g/mol. The summed E-state index contributed by atoms with van der Waals surface area (Å²) in [6.45, 7) is 10.2.